The molecule has 3 rings (SSSR count). The van der Waals surface area contributed by atoms with Crippen molar-refractivity contribution >= 4 is 21.6 Å². The van der Waals surface area contributed by atoms with Gasteiger partial charge in [0.2, 0.25) is 0 Å². The molecule has 1 N–H and O–H groups in total. The van der Waals surface area contributed by atoms with Crippen LogP contribution in [-0.4, -0.2) is 32.3 Å². The van der Waals surface area contributed by atoms with Crippen LogP contribution in [0.4, 0.5) is 5.69 Å². The molecule has 0 saturated carbocycles. The van der Waals surface area contributed by atoms with Crippen molar-refractivity contribution in [3.63, 3.8) is 0 Å². The largest absolute Gasteiger partial charge is 0.497 e. The summed E-state index contributed by atoms with van der Waals surface area (Å²) in [7, 11) is 3.82. The second-order valence-corrected chi connectivity index (χ2v) is 6.42. The van der Waals surface area contributed by atoms with Crippen LogP contribution < -0.4 is 15.0 Å². The van der Waals surface area contributed by atoms with Gasteiger partial charge in [0.15, 0.2) is 0 Å². The molecule has 2 aliphatic rings. The molecule has 3 nitrogen and oxygen atoms in total. The Balaban J connectivity index is 1.91. The Morgan fingerprint density at radius 1 is 1.26 bits per heavy atom. The lowest BCUT2D eigenvalue weighted by molar-refractivity contribution is 0.372. The number of anilines is 1. The number of nitrogens with zero attached hydrogens (tertiary/aromatic N) is 1. The minimum Gasteiger partial charge on any atom is -0.497 e. The molecule has 0 aliphatic carbocycles. The Hall–Kier alpha value is -0.740. The van der Waals surface area contributed by atoms with Gasteiger partial charge in [0.1, 0.15) is 5.75 Å². The summed E-state index contributed by atoms with van der Waals surface area (Å²) in [6, 6.07) is 8.28. The first-order valence-corrected chi connectivity index (χ1v) is 7.81. The minimum atomic E-state index is 0.666. The van der Waals surface area contributed by atoms with Gasteiger partial charge < -0.3 is 15.0 Å². The number of nitrogens with one attached hydrogen (secondary N) is 1. The molecule has 0 amide bonds. The fraction of sp³-hybridized carbons (Fsp3) is 0.600. The van der Waals surface area contributed by atoms with E-state index in [-0.39, 0.29) is 0 Å². The van der Waals surface area contributed by atoms with Crippen molar-refractivity contribution in [3.05, 3.63) is 22.7 Å². The van der Waals surface area contributed by atoms with Crippen molar-refractivity contribution < 1.29 is 4.74 Å². The maximum absolute atomic E-state index is 5.37. The molecule has 2 bridgehead atoms. The topological polar surface area (TPSA) is 24.5 Å². The van der Waals surface area contributed by atoms with Crippen LogP contribution >= 0.6 is 15.9 Å². The van der Waals surface area contributed by atoms with Crippen LogP contribution in [0.15, 0.2) is 22.7 Å². The first-order valence-electron chi connectivity index (χ1n) is 7.02. The van der Waals surface area contributed by atoms with Gasteiger partial charge in [-0.05, 0) is 60.8 Å². The number of piperidine rings is 1. The van der Waals surface area contributed by atoms with Crippen molar-refractivity contribution in [2.24, 2.45) is 0 Å². The van der Waals surface area contributed by atoms with Crippen molar-refractivity contribution in [2.45, 2.75) is 43.8 Å². The van der Waals surface area contributed by atoms with Gasteiger partial charge in [0.25, 0.3) is 0 Å². The Bertz CT molecular complexity index is 451. The average molecular weight is 325 g/mol. The molecule has 104 valence electrons. The van der Waals surface area contributed by atoms with E-state index < -0.39 is 0 Å². The fourth-order valence-corrected chi connectivity index (χ4v) is 4.07. The molecule has 1 aromatic rings. The molecule has 19 heavy (non-hydrogen) atoms. The first-order chi connectivity index (χ1) is 9.22. The van der Waals surface area contributed by atoms with Gasteiger partial charge in [-0.3, -0.25) is 0 Å². The Kier molecular flexibility index (Phi) is 3.72. The summed E-state index contributed by atoms with van der Waals surface area (Å²) in [4.78, 5) is 2.61. The van der Waals surface area contributed by atoms with E-state index in [4.69, 9.17) is 4.74 Å². The highest BCUT2D eigenvalue weighted by Gasteiger charge is 2.40. The van der Waals surface area contributed by atoms with Gasteiger partial charge in [0.05, 0.1) is 12.8 Å². The van der Waals surface area contributed by atoms with Gasteiger partial charge in [-0.1, -0.05) is 0 Å². The van der Waals surface area contributed by atoms with Crippen LogP contribution in [0.1, 0.15) is 25.7 Å². The number of hydrogen-bond acceptors (Lipinski definition) is 3. The minimum absolute atomic E-state index is 0.666. The molecule has 2 fully saturated rings. The summed E-state index contributed by atoms with van der Waals surface area (Å²) in [5.74, 6) is 0.938. The summed E-state index contributed by atoms with van der Waals surface area (Å²) < 4.78 is 6.55. The molecule has 0 spiro atoms. The zero-order chi connectivity index (χ0) is 13.4. The van der Waals surface area contributed by atoms with Gasteiger partial charge in [-0.25, -0.2) is 0 Å². The molecule has 2 saturated heterocycles. The third kappa shape index (κ3) is 2.36. The molecule has 1 aromatic carbocycles. The highest BCUT2D eigenvalue weighted by Crippen LogP contribution is 2.43. The number of hydrogen-bond donors (Lipinski definition) is 1. The van der Waals surface area contributed by atoms with Crippen LogP contribution in [-0.2, 0) is 0 Å². The lowest BCUT2D eigenvalue weighted by Gasteiger charge is -2.41. The molecule has 2 atom stereocenters. The van der Waals surface area contributed by atoms with E-state index in [0.717, 1.165) is 5.75 Å². The smallest absolute Gasteiger partial charge is 0.121 e. The van der Waals surface area contributed by atoms with Crippen molar-refractivity contribution in [1.82, 2.24) is 5.32 Å². The summed E-state index contributed by atoms with van der Waals surface area (Å²) in [6.07, 6.45) is 5.12. The highest BCUT2D eigenvalue weighted by atomic mass is 79.9. The molecule has 2 unspecified atom stereocenters. The Morgan fingerprint density at radius 3 is 2.53 bits per heavy atom. The zero-order valence-corrected chi connectivity index (χ0v) is 13.1. The van der Waals surface area contributed by atoms with Crippen molar-refractivity contribution in [1.29, 1.82) is 0 Å². The van der Waals surface area contributed by atoms with Crippen LogP contribution in [0, 0.1) is 0 Å². The van der Waals surface area contributed by atoms with Gasteiger partial charge in [-0.2, -0.15) is 0 Å². The van der Waals surface area contributed by atoms with Gasteiger partial charge in [0, 0.05) is 28.7 Å². The molecule has 0 aromatic heterocycles. The van der Waals surface area contributed by atoms with E-state index in [0.29, 0.717) is 18.1 Å². The van der Waals surface area contributed by atoms with E-state index in [1.54, 1.807) is 7.11 Å². The lowest BCUT2D eigenvalue weighted by Crippen LogP contribution is -2.48. The fourth-order valence-electron chi connectivity index (χ4n) is 3.62. The third-order valence-electron chi connectivity index (χ3n) is 4.57. The maximum Gasteiger partial charge on any atom is 0.121 e. The summed E-state index contributed by atoms with van der Waals surface area (Å²) in [6.45, 7) is 0. The number of benzene rings is 1. The molecule has 2 aliphatic heterocycles. The quantitative estimate of drug-likeness (QED) is 0.924. The number of rotatable bonds is 3. The predicted molar refractivity (Wildman–Crippen MR) is 82.1 cm³/mol. The summed E-state index contributed by atoms with van der Waals surface area (Å²) in [5.41, 5.74) is 1.29. The molecule has 2 heterocycles. The first kappa shape index (κ1) is 13.3. The van der Waals surface area contributed by atoms with E-state index in [9.17, 15) is 0 Å². The summed E-state index contributed by atoms with van der Waals surface area (Å²) in [5, 5.41) is 3.45. The third-order valence-corrected chi connectivity index (χ3v) is 5.24. The zero-order valence-electron chi connectivity index (χ0n) is 11.5. The average Bonchev–Trinajstić information content (AvgIpc) is 2.69. The van der Waals surface area contributed by atoms with Crippen LogP contribution in [0.25, 0.3) is 0 Å². The highest BCUT2D eigenvalue weighted by molar-refractivity contribution is 9.10. The lowest BCUT2D eigenvalue weighted by atomic mass is 9.96. The van der Waals surface area contributed by atoms with Crippen molar-refractivity contribution in [3.8, 4) is 5.75 Å². The number of methoxy groups -OCH3 is 1. The second kappa shape index (κ2) is 5.33. The molecule has 0 radical (unpaired) electrons. The summed E-state index contributed by atoms with van der Waals surface area (Å²) >= 11 is 3.70. The normalized spacial score (nSPS) is 29.6. The maximum atomic E-state index is 5.37. The molecular weight excluding hydrogens is 304 g/mol. The monoisotopic (exact) mass is 324 g/mol. The SMILES string of the molecule is CNC1CC2CCC(C1)N2c1cc(OC)ccc1Br. The number of fused-ring (bicyclic) bond motifs is 2. The Labute approximate surface area is 123 Å². The predicted octanol–water partition coefficient (Wildman–Crippen LogP) is 3.18. The van der Waals surface area contributed by atoms with E-state index in [2.05, 4.69) is 45.3 Å². The number of ether oxygens (including phenoxy) is 1. The van der Waals surface area contributed by atoms with Gasteiger partial charge in [-0.15, -0.1) is 0 Å². The van der Waals surface area contributed by atoms with Gasteiger partial charge >= 0.3 is 0 Å². The van der Waals surface area contributed by atoms with Crippen molar-refractivity contribution in [2.75, 3.05) is 19.1 Å². The second-order valence-electron chi connectivity index (χ2n) is 5.57. The Morgan fingerprint density at radius 2 is 1.95 bits per heavy atom. The van der Waals surface area contributed by atoms with Crippen LogP contribution in [0.2, 0.25) is 0 Å². The van der Waals surface area contributed by atoms with E-state index >= 15 is 0 Å². The molecular formula is C15H21BrN2O. The standard InChI is InChI=1S/C15H21BrN2O/c1-17-10-7-11-3-4-12(8-10)18(11)15-9-13(19-2)5-6-14(15)16/h5-6,9-12,17H,3-4,7-8H2,1-2H3. The molecule has 4 heteroatoms. The van der Waals surface area contributed by atoms with E-state index in [1.165, 1.54) is 35.8 Å². The van der Waals surface area contributed by atoms with E-state index in [1.807, 2.05) is 6.07 Å². The van der Waals surface area contributed by atoms with Crippen LogP contribution in [0.3, 0.4) is 0 Å². The van der Waals surface area contributed by atoms with Crippen LogP contribution in [0.5, 0.6) is 5.75 Å². The number of halogens is 1.